The summed E-state index contributed by atoms with van der Waals surface area (Å²) >= 11 is 0. The smallest absolute Gasteiger partial charge is 0.277 e. The number of amides is 1. The number of fused-ring (bicyclic) bond motifs is 1. The van der Waals surface area contributed by atoms with Crippen molar-refractivity contribution in [2.45, 2.75) is 39.2 Å². The highest BCUT2D eigenvalue weighted by atomic mass is 16.5. The van der Waals surface area contributed by atoms with E-state index in [-0.39, 0.29) is 29.4 Å². The topological polar surface area (TPSA) is 82.0 Å². The van der Waals surface area contributed by atoms with Gasteiger partial charge in [-0.15, -0.1) is 0 Å². The molecule has 1 aliphatic carbocycles. The quantitative estimate of drug-likeness (QED) is 0.588. The summed E-state index contributed by atoms with van der Waals surface area (Å²) in [6, 6.07) is 1.50. The van der Waals surface area contributed by atoms with Gasteiger partial charge in [0, 0.05) is 26.3 Å². The number of ether oxygens (including phenoxy) is 3. The van der Waals surface area contributed by atoms with Gasteiger partial charge in [-0.3, -0.25) is 14.3 Å². The lowest BCUT2D eigenvalue weighted by molar-refractivity contribution is 0.0649. The Morgan fingerprint density at radius 1 is 1.26 bits per heavy atom. The highest BCUT2D eigenvalue weighted by Crippen LogP contribution is 2.29. The first-order valence-electron chi connectivity index (χ1n) is 9.67. The number of pyridine rings is 1. The van der Waals surface area contributed by atoms with Crippen LogP contribution in [0.3, 0.4) is 0 Å². The summed E-state index contributed by atoms with van der Waals surface area (Å²) in [4.78, 5) is 27.3. The molecule has 0 saturated heterocycles. The SMILES string of the molecule is CCCCOc1c2n(c(COCC3CC3)cc1=O)NCN(CCOC)C2=O. The Morgan fingerprint density at radius 2 is 2.07 bits per heavy atom. The van der Waals surface area contributed by atoms with Gasteiger partial charge in [-0.05, 0) is 25.2 Å². The molecule has 2 heterocycles. The number of nitrogens with zero attached hydrogens (tertiary/aromatic N) is 2. The first kappa shape index (κ1) is 19.7. The number of carbonyl (C=O) groups is 1. The average molecular weight is 379 g/mol. The lowest BCUT2D eigenvalue weighted by Crippen LogP contribution is -2.48. The van der Waals surface area contributed by atoms with E-state index in [4.69, 9.17) is 14.2 Å². The predicted octanol–water partition coefficient (Wildman–Crippen LogP) is 1.56. The van der Waals surface area contributed by atoms with Crippen molar-refractivity contribution in [3.63, 3.8) is 0 Å². The molecule has 0 radical (unpaired) electrons. The minimum Gasteiger partial charge on any atom is -0.487 e. The van der Waals surface area contributed by atoms with E-state index in [2.05, 4.69) is 5.43 Å². The summed E-state index contributed by atoms with van der Waals surface area (Å²) in [6.45, 7) is 4.62. The standard InChI is InChI=1S/C19H29N3O5/c1-3-4-8-27-18-16(23)10-15(12-26-11-14-5-6-14)22-17(18)19(24)21(13-20-22)7-9-25-2/h10,14,20H,3-9,11-13H2,1-2H3. The number of hydrogen-bond donors (Lipinski definition) is 1. The van der Waals surface area contributed by atoms with Crippen LogP contribution in [0.4, 0.5) is 0 Å². The van der Waals surface area contributed by atoms with Gasteiger partial charge in [0.25, 0.3) is 5.91 Å². The zero-order chi connectivity index (χ0) is 19.2. The number of rotatable bonds is 11. The van der Waals surface area contributed by atoms with Crippen LogP contribution in [0.2, 0.25) is 0 Å². The molecule has 1 aromatic heterocycles. The molecule has 0 atom stereocenters. The average Bonchev–Trinajstić information content (AvgIpc) is 3.48. The third-order valence-electron chi connectivity index (χ3n) is 4.77. The molecule has 150 valence electrons. The highest BCUT2D eigenvalue weighted by molar-refractivity contribution is 5.96. The minimum atomic E-state index is -0.286. The summed E-state index contributed by atoms with van der Waals surface area (Å²) in [5.41, 5.74) is 3.79. The van der Waals surface area contributed by atoms with Crippen LogP contribution in [0.25, 0.3) is 0 Å². The first-order chi connectivity index (χ1) is 13.2. The highest BCUT2D eigenvalue weighted by Gasteiger charge is 2.31. The number of nitrogens with one attached hydrogen (secondary N) is 1. The van der Waals surface area contributed by atoms with Crippen molar-refractivity contribution in [2.75, 3.05) is 45.6 Å². The molecule has 8 heteroatoms. The van der Waals surface area contributed by atoms with E-state index in [1.54, 1.807) is 16.7 Å². The second-order valence-corrected chi connectivity index (χ2v) is 7.05. The van der Waals surface area contributed by atoms with Crippen molar-refractivity contribution in [1.29, 1.82) is 0 Å². The van der Waals surface area contributed by atoms with Crippen LogP contribution in [0.15, 0.2) is 10.9 Å². The fourth-order valence-electron chi connectivity index (χ4n) is 2.96. The summed E-state index contributed by atoms with van der Waals surface area (Å²) in [7, 11) is 1.59. The monoisotopic (exact) mass is 379 g/mol. The molecular weight excluding hydrogens is 350 g/mol. The molecule has 0 unspecified atom stereocenters. The number of aromatic nitrogens is 1. The Labute approximate surface area is 159 Å². The zero-order valence-electron chi connectivity index (χ0n) is 16.2. The van der Waals surface area contributed by atoms with E-state index < -0.39 is 0 Å². The Balaban J connectivity index is 1.87. The van der Waals surface area contributed by atoms with Crippen LogP contribution in [-0.2, 0) is 16.1 Å². The van der Waals surface area contributed by atoms with Crippen LogP contribution in [0.1, 0.15) is 48.8 Å². The van der Waals surface area contributed by atoms with E-state index in [1.807, 2.05) is 6.92 Å². The van der Waals surface area contributed by atoms with E-state index in [0.29, 0.717) is 44.6 Å². The summed E-state index contributed by atoms with van der Waals surface area (Å²) < 4.78 is 18.2. The second-order valence-electron chi connectivity index (χ2n) is 7.05. The second kappa shape index (κ2) is 9.23. The van der Waals surface area contributed by atoms with Gasteiger partial charge in [0.1, 0.15) is 6.67 Å². The third kappa shape index (κ3) is 4.81. The molecule has 0 aromatic carbocycles. The minimum absolute atomic E-state index is 0.106. The molecule has 3 rings (SSSR count). The number of methoxy groups -OCH3 is 1. The number of hydrogen-bond acceptors (Lipinski definition) is 6. The normalized spacial score (nSPS) is 16.2. The van der Waals surface area contributed by atoms with Crippen LogP contribution in [0, 0.1) is 5.92 Å². The van der Waals surface area contributed by atoms with Gasteiger partial charge in [-0.1, -0.05) is 13.3 Å². The fraction of sp³-hybridized carbons (Fsp3) is 0.684. The maximum Gasteiger partial charge on any atom is 0.277 e. The Bertz CT molecular complexity index is 714. The molecule has 1 aliphatic heterocycles. The van der Waals surface area contributed by atoms with Crippen LogP contribution in [0.5, 0.6) is 5.75 Å². The van der Waals surface area contributed by atoms with Crippen molar-refractivity contribution >= 4 is 5.91 Å². The van der Waals surface area contributed by atoms with Gasteiger partial charge in [0.05, 0.1) is 25.5 Å². The van der Waals surface area contributed by atoms with Gasteiger partial charge < -0.3 is 24.5 Å². The Morgan fingerprint density at radius 3 is 2.78 bits per heavy atom. The van der Waals surface area contributed by atoms with Crippen LogP contribution < -0.4 is 15.6 Å². The fourth-order valence-corrected chi connectivity index (χ4v) is 2.96. The predicted molar refractivity (Wildman–Crippen MR) is 101 cm³/mol. The first-order valence-corrected chi connectivity index (χ1v) is 9.67. The van der Waals surface area contributed by atoms with Crippen LogP contribution >= 0.6 is 0 Å². The molecule has 1 fully saturated rings. The molecule has 27 heavy (non-hydrogen) atoms. The number of carbonyl (C=O) groups excluding carboxylic acids is 1. The third-order valence-corrected chi connectivity index (χ3v) is 4.77. The molecule has 0 spiro atoms. The molecular formula is C19H29N3O5. The summed E-state index contributed by atoms with van der Waals surface area (Å²) in [6.07, 6.45) is 4.17. The van der Waals surface area contributed by atoms with Crippen molar-refractivity contribution in [3.8, 4) is 5.75 Å². The van der Waals surface area contributed by atoms with Gasteiger partial charge in [0.15, 0.2) is 11.4 Å². The van der Waals surface area contributed by atoms with Crippen molar-refractivity contribution in [2.24, 2.45) is 5.92 Å². The van der Waals surface area contributed by atoms with E-state index in [0.717, 1.165) is 12.8 Å². The Kier molecular flexibility index (Phi) is 6.73. The van der Waals surface area contributed by atoms with E-state index in [9.17, 15) is 9.59 Å². The zero-order valence-corrected chi connectivity index (χ0v) is 16.2. The maximum atomic E-state index is 13.0. The van der Waals surface area contributed by atoms with Crippen molar-refractivity contribution < 1.29 is 19.0 Å². The van der Waals surface area contributed by atoms with Crippen LogP contribution in [-0.4, -0.2) is 55.6 Å². The van der Waals surface area contributed by atoms with Gasteiger partial charge in [-0.2, -0.15) is 0 Å². The van der Waals surface area contributed by atoms with E-state index >= 15 is 0 Å². The largest absolute Gasteiger partial charge is 0.487 e. The van der Waals surface area contributed by atoms with Gasteiger partial charge in [0.2, 0.25) is 5.43 Å². The lowest BCUT2D eigenvalue weighted by Gasteiger charge is -2.33. The Hall–Kier alpha value is -2.06. The molecule has 1 aromatic rings. The molecule has 1 saturated carbocycles. The lowest BCUT2D eigenvalue weighted by atomic mass is 10.2. The summed E-state index contributed by atoms with van der Waals surface area (Å²) in [5, 5.41) is 0. The number of unbranched alkanes of at least 4 members (excludes halogenated alkanes) is 1. The maximum absolute atomic E-state index is 13.0. The van der Waals surface area contributed by atoms with Crippen molar-refractivity contribution in [3.05, 3.63) is 27.7 Å². The van der Waals surface area contributed by atoms with Crippen molar-refractivity contribution in [1.82, 2.24) is 9.58 Å². The van der Waals surface area contributed by atoms with Gasteiger partial charge >= 0.3 is 0 Å². The molecule has 2 aliphatic rings. The molecule has 1 amide bonds. The summed E-state index contributed by atoms with van der Waals surface area (Å²) in [5.74, 6) is 0.501. The molecule has 1 N–H and O–H groups in total. The van der Waals surface area contributed by atoms with Gasteiger partial charge in [-0.25, -0.2) is 0 Å². The van der Waals surface area contributed by atoms with E-state index in [1.165, 1.54) is 18.9 Å². The molecule has 0 bridgehead atoms. The molecule has 8 nitrogen and oxygen atoms in total.